The zero-order chi connectivity index (χ0) is 23.8. The number of ether oxygens (including phenoxy) is 1. The number of nitrogens with zero attached hydrogens (tertiary/aromatic N) is 3. The number of aliphatic imine (C=N–C) groups is 1. The topological polar surface area (TPSA) is 113 Å². The van der Waals surface area contributed by atoms with Crippen molar-refractivity contribution in [3.8, 4) is 17.9 Å². The molecule has 1 aliphatic carbocycles. The van der Waals surface area contributed by atoms with Gasteiger partial charge in [-0.05, 0) is 73.8 Å². The molecule has 1 fully saturated rings. The van der Waals surface area contributed by atoms with Crippen LogP contribution in [0.3, 0.4) is 0 Å². The summed E-state index contributed by atoms with van der Waals surface area (Å²) >= 11 is 1.74. The Morgan fingerprint density at radius 2 is 1.90 bits per heavy atom. The van der Waals surface area contributed by atoms with E-state index in [0.717, 1.165) is 40.5 Å². The van der Waals surface area contributed by atoms with Gasteiger partial charge in [0.2, 0.25) is 0 Å². The maximum absolute atomic E-state index is 8.21. The molecule has 2 N–H and O–H groups in total. The quantitative estimate of drug-likeness (QED) is 0.435. The molecule has 6 nitrogen and oxygen atoms in total. The average molecular weight is 443 g/mol. The van der Waals surface area contributed by atoms with Crippen LogP contribution in [0.1, 0.15) is 49.8 Å². The zero-order valence-electron chi connectivity index (χ0n) is 19.5. The lowest BCUT2D eigenvalue weighted by molar-refractivity contribution is 0.399. The van der Waals surface area contributed by atoms with E-state index in [4.69, 9.17) is 30.8 Å². The molecule has 31 heavy (non-hydrogen) atoms. The van der Waals surface area contributed by atoms with Crippen LogP contribution in [0.25, 0.3) is 0 Å². The number of allylic oxidation sites excluding steroid dienone is 1. The van der Waals surface area contributed by atoms with Crippen LogP contribution in [-0.2, 0) is 6.54 Å². The van der Waals surface area contributed by atoms with E-state index in [1.165, 1.54) is 24.0 Å². The van der Waals surface area contributed by atoms with Crippen LogP contribution < -0.4 is 4.74 Å². The van der Waals surface area contributed by atoms with Gasteiger partial charge in [0.15, 0.2) is 0 Å². The number of methoxy groups -OCH3 is 1. The summed E-state index contributed by atoms with van der Waals surface area (Å²) in [4.78, 5) is 4.83. The van der Waals surface area contributed by atoms with E-state index in [-0.39, 0.29) is 6.42 Å². The Morgan fingerprint density at radius 1 is 1.29 bits per heavy atom. The fourth-order valence-corrected chi connectivity index (χ4v) is 3.48. The van der Waals surface area contributed by atoms with Crippen LogP contribution in [0.4, 0.5) is 0 Å². The van der Waals surface area contributed by atoms with Gasteiger partial charge >= 0.3 is 0 Å². The van der Waals surface area contributed by atoms with Crippen molar-refractivity contribution in [2.45, 2.75) is 53.5 Å². The highest BCUT2D eigenvalue weighted by Gasteiger charge is 2.27. The normalized spacial score (nSPS) is 12.9. The molecule has 0 aliphatic heterocycles. The molecule has 1 saturated carbocycles. The molecule has 0 bridgehead atoms. The molecule has 7 heteroatoms. The molecule has 0 saturated heterocycles. The van der Waals surface area contributed by atoms with Crippen LogP contribution in [0.5, 0.6) is 5.75 Å². The first-order chi connectivity index (χ1) is 14.9. The van der Waals surface area contributed by atoms with Crippen LogP contribution in [0, 0.1) is 47.8 Å². The second-order valence-corrected chi connectivity index (χ2v) is 8.07. The SMILES string of the molecule is CCSC(/C=C(/C)C(=N)C1CC1)=NCc1c(C)ccc(OC)c1C.CO.N#CCC#N. The molecule has 168 valence electrons. The van der Waals surface area contributed by atoms with E-state index in [2.05, 4.69) is 32.9 Å². The first kappa shape index (κ1) is 28.4. The highest BCUT2D eigenvalue weighted by molar-refractivity contribution is 8.14. The molecule has 2 rings (SSSR count). The van der Waals surface area contributed by atoms with E-state index in [1.807, 2.05) is 13.0 Å². The Labute approximate surface area is 191 Å². The van der Waals surface area contributed by atoms with E-state index in [9.17, 15) is 0 Å². The van der Waals surface area contributed by atoms with Crippen molar-refractivity contribution in [1.82, 2.24) is 0 Å². The standard InChI is InChI=1S/C20H28N2OS.C3H2N2.CH4O/c1-6-24-19(11-14(3)20(21)16-8-9-16)22-12-17-13(2)7-10-18(23-5)15(17)4;4-2-1-3-5;1-2/h7,10-11,16,21H,6,8-9,12H2,1-5H3;1H2;2H,1H3/b14-11-,21-20?,22-19?;;. The fraction of sp³-hybridized carbons (Fsp3) is 0.500. The molecule has 1 aromatic carbocycles. The number of aryl methyl sites for hydroxylation is 1. The van der Waals surface area contributed by atoms with Gasteiger partial charge in [0.05, 0.1) is 30.8 Å². The molecule has 0 atom stereocenters. The number of rotatable bonds is 7. The Hall–Kier alpha value is -2.61. The lowest BCUT2D eigenvalue weighted by Crippen LogP contribution is -2.03. The predicted octanol–water partition coefficient (Wildman–Crippen LogP) is 5.37. The minimum Gasteiger partial charge on any atom is -0.496 e. The van der Waals surface area contributed by atoms with Gasteiger partial charge in [0.25, 0.3) is 0 Å². The summed E-state index contributed by atoms with van der Waals surface area (Å²) in [5, 5.41) is 31.4. The predicted molar refractivity (Wildman–Crippen MR) is 130 cm³/mol. The number of benzene rings is 1. The van der Waals surface area contributed by atoms with Crippen molar-refractivity contribution in [3.63, 3.8) is 0 Å². The van der Waals surface area contributed by atoms with Gasteiger partial charge < -0.3 is 15.3 Å². The molecular formula is C24H34N4O2S. The smallest absolute Gasteiger partial charge is 0.122 e. The Kier molecular flexibility index (Phi) is 14.8. The number of aliphatic hydroxyl groups excluding tert-OH is 1. The molecule has 0 aromatic heterocycles. The largest absolute Gasteiger partial charge is 0.496 e. The molecule has 1 aromatic rings. The van der Waals surface area contributed by atoms with Crippen LogP contribution in [-0.4, -0.2) is 35.8 Å². The van der Waals surface area contributed by atoms with Crippen molar-refractivity contribution in [3.05, 3.63) is 40.5 Å². The van der Waals surface area contributed by atoms with Crippen molar-refractivity contribution >= 4 is 22.5 Å². The molecular weight excluding hydrogens is 408 g/mol. The summed E-state index contributed by atoms with van der Waals surface area (Å²) in [6.45, 7) is 9.03. The maximum Gasteiger partial charge on any atom is 0.122 e. The number of hydrogen-bond donors (Lipinski definition) is 2. The summed E-state index contributed by atoms with van der Waals surface area (Å²) in [5.41, 5.74) is 5.47. The van der Waals surface area contributed by atoms with Gasteiger partial charge in [-0.3, -0.25) is 4.99 Å². The molecule has 0 spiro atoms. The first-order valence-corrected chi connectivity index (χ1v) is 11.1. The van der Waals surface area contributed by atoms with Crippen molar-refractivity contribution in [1.29, 1.82) is 15.9 Å². The van der Waals surface area contributed by atoms with Crippen LogP contribution in [0.2, 0.25) is 0 Å². The minimum absolute atomic E-state index is 0. The Bertz CT molecular complexity index is 848. The minimum atomic E-state index is 0. The van der Waals surface area contributed by atoms with Gasteiger partial charge in [-0.2, -0.15) is 10.5 Å². The number of nitrogens with one attached hydrogen (secondary N) is 1. The van der Waals surface area contributed by atoms with Crippen LogP contribution >= 0.6 is 11.8 Å². The Balaban J connectivity index is 0.00000113. The van der Waals surface area contributed by atoms with Gasteiger partial charge in [-0.15, -0.1) is 11.8 Å². The van der Waals surface area contributed by atoms with E-state index < -0.39 is 0 Å². The third-order valence-electron chi connectivity index (χ3n) is 4.60. The molecule has 0 unspecified atom stereocenters. The van der Waals surface area contributed by atoms with Crippen molar-refractivity contribution in [2.75, 3.05) is 20.0 Å². The molecule has 0 heterocycles. The summed E-state index contributed by atoms with van der Waals surface area (Å²) in [7, 11) is 2.71. The summed E-state index contributed by atoms with van der Waals surface area (Å²) in [6, 6.07) is 7.42. The zero-order valence-corrected chi connectivity index (χ0v) is 20.3. The first-order valence-electron chi connectivity index (χ1n) is 10.2. The van der Waals surface area contributed by atoms with Crippen LogP contribution in [0.15, 0.2) is 28.8 Å². The van der Waals surface area contributed by atoms with Gasteiger partial charge in [-0.25, -0.2) is 0 Å². The highest BCUT2D eigenvalue weighted by Crippen LogP contribution is 2.32. The second-order valence-electron chi connectivity index (χ2n) is 6.78. The number of nitriles is 2. The number of hydrogen-bond acceptors (Lipinski definition) is 7. The molecule has 1 aliphatic rings. The summed E-state index contributed by atoms with van der Waals surface area (Å²) < 4.78 is 5.43. The lowest BCUT2D eigenvalue weighted by atomic mass is 10.0. The summed E-state index contributed by atoms with van der Waals surface area (Å²) in [5.74, 6) is 2.38. The maximum atomic E-state index is 8.21. The Morgan fingerprint density at radius 3 is 2.35 bits per heavy atom. The highest BCUT2D eigenvalue weighted by atomic mass is 32.2. The van der Waals surface area contributed by atoms with E-state index in [1.54, 1.807) is 31.0 Å². The lowest BCUT2D eigenvalue weighted by Gasteiger charge is -2.12. The van der Waals surface area contributed by atoms with Gasteiger partial charge in [0, 0.05) is 18.7 Å². The fourth-order valence-electron chi connectivity index (χ4n) is 2.77. The molecule has 0 amide bonds. The number of aliphatic hydroxyl groups is 1. The third-order valence-corrected chi connectivity index (χ3v) is 5.43. The van der Waals surface area contributed by atoms with E-state index >= 15 is 0 Å². The number of thioether (sulfide) groups is 1. The van der Waals surface area contributed by atoms with Gasteiger partial charge in [-0.1, -0.05) is 13.0 Å². The van der Waals surface area contributed by atoms with E-state index in [0.29, 0.717) is 12.5 Å². The molecule has 0 radical (unpaired) electrons. The van der Waals surface area contributed by atoms with Crippen molar-refractivity contribution in [2.24, 2.45) is 10.9 Å². The van der Waals surface area contributed by atoms with Gasteiger partial charge in [0.1, 0.15) is 12.2 Å². The summed E-state index contributed by atoms with van der Waals surface area (Å²) in [6.07, 6.45) is 4.42. The third kappa shape index (κ3) is 10.3. The second kappa shape index (κ2) is 16.1. The monoisotopic (exact) mass is 442 g/mol. The van der Waals surface area contributed by atoms with Crippen molar-refractivity contribution < 1.29 is 9.84 Å². The average Bonchev–Trinajstić information content (AvgIpc) is 3.61.